The van der Waals surface area contributed by atoms with Crippen molar-refractivity contribution in [2.75, 3.05) is 0 Å². The maximum absolute atomic E-state index is 9.72. The summed E-state index contributed by atoms with van der Waals surface area (Å²) in [6.45, 7) is 0. The number of hydrogen-bond donors (Lipinski definition) is 3. The van der Waals surface area contributed by atoms with Crippen LogP contribution in [-0.2, 0) is 23.0 Å². The topological polar surface area (TPSA) is 230 Å². The summed E-state index contributed by atoms with van der Waals surface area (Å²) in [5.41, 5.74) is 0. The Kier molecular flexibility index (Phi) is 34.4. The third-order valence-electron chi connectivity index (χ3n) is 0.853. The molecule has 0 aliphatic rings. The molecule has 0 radical (unpaired) electrons. The standard InChI is InChI=1S/C4H6O5.4Na.H4O7P2/c5-2(4(8)9)1-3(6)7;;;;;1-8(2,3)7-9(4,5)6/h2,5H,1H2,(H,6,7)(H,8,9);;;;;(H2,1,2,3)(H2,4,5,6)/q;4*+1;/p-4. The maximum Gasteiger partial charge on any atom is 1.00 e. The molecule has 1 unspecified atom stereocenters. The fourth-order valence-electron chi connectivity index (χ4n) is 0.375. The summed E-state index contributed by atoms with van der Waals surface area (Å²) < 4.78 is 21.2. The van der Waals surface area contributed by atoms with Gasteiger partial charge in [0.25, 0.3) is 0 Å². The van der Waals surface area contributed by atoms with Crippen molar-refractivity contribution in [3.05, 3.63) is 0 Å². The molecule has 3 N–H and O–H groups in total. The molecule has 0 heterocycles. The first-order chi connectivity index (χ1) is 7.74. The molecule has 0 spiro atoms. The van der Waals surface area contributed by atoms with Gasteiger partial charge in [0, 0.05) is 0 Å². The fourth-order valence-corrected chi connectivity index (χ4v) is 1.35. The minimum absolute atomic E-state index is 0. The Labute approximate surface area is 213 Å². The second kappa shape index (κ2) is 18.9. The summed E-state index contributed by atoms with van der Waals surface area (Å²) in [5, 5.41) is 24.1. The summed E-state index contributed by atoms with van der Waals surface area (Å²) in [6.07, 6.45) is -2.54. The van der Waals surface area contributed by atoms with E-state index in [4.69, 9.17) is 15.3 Å². The second-order valence-corrected chi connectivity index (χ2v) is 4.87. The van der Waals surface area contributed by atoms with Gasteiger partial charge in [-0.1, -0.05) is 0 Å². The first-order valence-corrected chi connectivity index (χ1v) is 6.55. The van der Waals surface area contributed by atoms with Gasteiger partial charge in [0.15, 0.2) is 6.10 Å². The van der Waals surface area contributed by atoms with Gasteiger partial charge in [-0.3, -0.25) is 4.79 Å². The minimum Gasteiger partial charge on any atom is -0.790 e. The Morgan fingerprint density at radius 2 is 1.18 bits per heavy atom. The van der Waals surface area contributed by atoms with Crippen LogP contribution in [0.15, 0.2) is 0 Å². The number of aliphatic hydroxyl groups is 1. The monoisotopic (exact) mass is 400 g/mol. The van der Waals surface area contributed by atoms with Crippen LogP contribution in [0.3, 0.4) is 0 Å². The predicted molar refractivity (Wildman–Crippen MR) is 42.2 cm³/mol. The zero-order chi connectivity index (χ0) is 15.1. The molecular formula is C4H6Na4O12P2. The van der Waals surface area contributed by atoms with E-state index in [1.807, 2.05) is 0 Å². The molecule has 12 nitrogen and oxygen atoms in total. The van der Waals surface area contributed by atoms with Gasteiger partial charge in [0.1, 0.15) is 0 Å². The van der Waals surface area contributed by atoms with E-state index in [-0.39, 0.29) is 118 Å². The largest absolute Gasteiger partial charge is 1.00 e. The van der Waals surface area contributed by atoms with Crippen LogP contribution in [0, 0.1) is 0 Å². The van der Waals surface area contributed by atoms with Gasteiger partial charge in [-0.15, -0.1) is 0 Å². The van der Waals surface area contributed by atoms with Crippen LogP contribution in [0.1, 0.15) is 6.42 Å². The van der Waals surface area contributed by atoms with Crippen molar-refractivity contribution in [2.45, 2.75) is 12.5 Å². The quantitative estimate of drug-likeness (QED) is 0.288. The molecule has 0 amide bonds. The fraction of sp³-hybridized carbons (Fsp3) is 0.500. The van der Waals surface area contributed by atoms with Crippen molar-refractivity contribution in [1.29, 1.82) is 0 Å². The summed E-state index contributed by atoms with van der Waals surface area (Å²) in [5.74, 6) is -2.85. The van der Waals surface area contributed by atoms with Gasteiger partial charge in [-0.05, 0) is 0 Å². The molecule has 0 aromatic heterocycles. The minimum atomic E-state index is -5.68. The molecule has 0 bridgehead atoms. The van der Waals surface area contributed by atoms with Gasteiger partial charge >= 0.3 is 130 Å². The van der Waals surface area contributed by atoms with Gasteiger partial charge in [0.2, 0.25) is 0 Å². The Balaban J connectivity index is -0.0000000492. The van der Waals surface area contributed by atoms with E-state index in [1.165, 1.54) is 0 Å². The number of rotatable bonds is 5. The molecule has 0 aromatic rings. The van der Waals surface area contributed by atoms with E-state index in [2.05, 4.69) is 4.31 Å². The van der Waals surface area contributed by atoms with E-state index >= 15 is 0 Å². The number of aliphatic carboxylic acids is 2. The molecular weight excluding hydrogens is 394 g/mol. The molecule has 0 aliphatic carbocycles. The van der Waals surface area contributed by atoms with E-state index in [1.54, 1.807) is 0 Å². The number of carboxylic acids is 2. The Morgan fingerprint density at radius 1 is 0.909 bits per heavy atom. The molecule has 0 aliphatic heterocycles. The molecule has 0 fully saturated rings. The molecule has 18 heteroatoms. The van der Waals surface area contributed by atoms with E-state index in [0.29, 0.717) is 0 Å². The van der Waals surface area contributed by atoms with Crippen molar-refractivity contribution < 1.29 is 176 Å². The molecule has 1 atom stereocenters. The summed E-state index contributed by atoms with van der Waals surface area (Å²) in [6, 6.07) is 0. The number of phosphoric acid groups is 2. The first-order valence-electron chi connectivity index (χ1n) is 3.62. The summed E-state index contributed by atoms with van der Waals surface area (Å²) in [4.78, 5) is 56.7. The molecule has 0 aromatic carbocycles. The third kappa shape index (κ3) is 38.6. The van der Waals surface area contributed by atoms with Crippen LogP contribution in [0.2, 0.25) is 0 Å². The van der Waals surface area contributed by atoms with Crippen LogP contribution < -0.4 is 138 Å². The molecule has 0 saturated heterocycles. The van der Waals surface area contributed by atoms with Gasteiger partial charge in [-0.25, -0.2) is 4.79 Å². The Bertz CT molecular complexity index is 371. The average molecular weight is 400 g/mol. The van der Waals surface area contributed by atoms with Crippen LogP contribution >= 0.6 is 15.6 Å². The molecule has 0 rings (SSSR count). The molecule has 108 valence electrons. The first kappa shape index (κ1) is 40.0. The van der Waals surface area contributed by atoms with Crippen LogP contribution in [0.5, 0.6) is 0 Å². The van der Waals surface area contributed by atoms with Crippen LogP contribution in [0.25, 0.3) is 0 Å². The Hall–Kier alpha value is 3.16. The smallest absolute Gasteiger partial charge is 0.790 e. The van der Waals surface area contributed by atoms with Crippen molar-refractivity contribution >= 4 is 27.6 Å². The molecule has 22 heavy (non-hydrogen) atoms. The second-order valence-electron chi connectivity index (χ2n) is 2.43. The third-order valence-corrected chi connectivity index (χ3v) is 2.45. The maximum atomic E-state index is 9.72. The normalized spacial score (nSPS) is 10.8. The summed E-state index contributed by atoms with van der Waals surface area (Å²) >= 11 is 0. The van der Waals surface area contributed by atoms with Gasteiger partial charge in [-0.2, -0.15) is 0 Å². The van der Waals surface area contributed by atoms with Gasteiger partial charge < -0.3 is 48.3 Å². The van der Waals surface area contributed by atoms with E-state index in [9.17, 15) is 38.3 Å². The number of carboxylic acid groups (broad SMARTS) is 2. The molecule has 0 saturated carbocycles. The van der Waals surface area contributed by atoms with Crippen molar-refractivity contribution in [3.63, 3.8) is 0 Å². The van der Waals surface area contributed by atoms with Crippen LogP contribution in [0.4, 0.5) is 0 Å². The van der Waals surface area contributed by atoms with Crippen molar-refractivity contribution in [3.8, 4) is 0 Å². The number of aliphatic hydroxyl groups excluding tert-OH is 1. The number of carbonyl (C=O) groups is 2. The number of hydrogen-bond acceptors (Lipinski definition) is 10. The Morgan fingerprint density at radius 3 is 1.23 bits per heavy atom. The SMILES string of the molecule is O=C(O)CC(O)C(=O)O.O=P([O-])([O-])OP(=O)([O-])[O-].[Na+].[Na+].[Na+].[Na+]. The van der Waals surface area contributed by atoms with Crippen LogP contribution in [-0.4, -0.2) is 33.4 Å². The predicted octanol–water partition coefficient (Wildman–Crippen LogP) is -16.4. The van der Waals surface area contributed by atoms with Gasteiger partial charge in [0.05, 0.1) is 22.1 Å². The zero-order valence-corrected chi connectivity index (χ0v) is 22.0. The van der Waals surface area contributed by atoms with E-state index in [0.717, 1.165) is 0 Å². The van der Waals surface area contributed by atoms with E-state index < -0.39 is 40.1 Å². The summed E-state index contributed by atoms with van der Waals surface area (Å²) in [7, 11) is -11.4. The van der Waals surface area contributed by atoms with Crippen molar-refractivity contribution in [2.24, 2.45) is 0 Å². The average Bonchev–Trinajstić information content (AvgIpc) is 1.95. The van der Waals surface area contributed by atoms with Crippen molar-refractivity contribution in [1.82, 2.24) is 0 Å². The zero-order valence-electron chi connectivity index (χ0n) is 12.2.